The molecular formula is C23H32BO3. The van der Waals surface area contributed by atoms with E-state index in [4.69, 9.17) is 9.39 Å². The van der Waals surface area contributed by atoms with Crippen molar-refractivity contribution in [2.75, 3.05) is 7.11 Å². The Kier molecular flexibility index (Phi) is 6.77. The summed E-state index contributed by atoms with van der Waals surface area (Å²) in [5.74, 6) is 1.40. The van der Waals surface area contributed by atoms with Gasteiger partial charge in [0.2, 0.25) is 0 Å². The first-order valence-electron chi connectivity index (χ1n) is 9.54. The van der Waals surface area contributed by atoms with Crippen molar-refractivity contribution in [2.45, 2.75) is 59.2 Å². The van der Waals surface area contributed by atoms with Gasteiger partial charge in [-0.2, -0.15) is 0 Å². The van der Waals surface area contributed by atoms with E-state index in [-0.39, 0.29) is 0 Å². The fraction of sp³-hybridized carbons (Fsp3) is 0.478. The number of aliphatic hydroxyl groups is 1. The van der Waals surface area contributed by atoms with E-state index in [0.717, 1.165) is 28.8 Å². The summed E-state index contributed by atoms with van der Waals surface area (Å²) >= 11 is 0. The second kappa shape index (κ2) is 8.49. The van der Waals surface area contributed by atoms with Crippen LogP contribution < -0.4 is 10.2 Å². The molecule has 2 rings (SSSR count). The van der Waals surface area contributed by atoms with E-state index >= 15 is 0 Å². The molecule has 0 unspecified atom stereocenters. The minimum Gasteiger partial charge on any atom is -0.496 e. The van der Waals surface area contributed by atoms with Crippen molar-refractivity contribution in [3.63, 3.8) is 0 Å². The standard InChI is InChI=1S/C23H32BO3/c1-16(2)12-17-13-18(20-10-8-9-11-21(20)26-7)15-19(14-17)24-27-23(5,6)22(3,4)25/h8-11,13-16,25H,12H2,1-7H3. The Labute approximate surface area is 165 Å². The summed E-state index contributed by atoms with van der Waals surface area (Å²) in [5.41, 5.74) is 2.73. The van der Waals surface area contributed by atoms with Gasteiger partial charge in [0.25, 0.3) is 0 Å². The van der Waals surface area contributed by atoms with Crippen LogP contribution in [-0.4, -0.2) is 30.9 Å². The predicted molar refractivity (Wildman–Crippen MR) is 114 cm³/mol. The van der Waals surface area contributed by atoms with E-state index in [1.54, 1.807) is 28.4 Å². The number of hydrogen-bond acceptors (Lipinski definition) is 3. The zero-order chi connectivity index (χ0) is 20.2. The van der Waals surface area contributed by atoms with Crippen LogP contribution in [0.15, 0.2) is 42.5 Å². The topological polar surface area (TPSA) is 38.7 Å². The van der Waals surface area contributed by atoms with Crippen LogP contribution in [0, 0.1) is 5.92 Å². The van der Waals surface area contributed by atoms with Gasteiger partial charge < -0.3 is 14.5 Å². The molecule has 0 spiro atoms. The van der Waals surface area contributed by atoms with Gasteiger partial charge in [-0.1, -0.05) is 55.7 Å². The number of benzene rings is 2. The Morgan fingerprint density at radius 2 is 1.70 bits per heavy atom. The molecule has 0 bridgehead atoms. The van der Waals surface area contributed by atoms with E-state index in [0.29, 0.717) is 5.92 Å². The van der Waals surface area contributed by atoms with Gasteiger partial charge in [0.1, 0.15) is 5.75 Å². The molecule has 2 aromatic rings. The molecular weight excluding hydrogens is 335 g/mol. The van der Waals surface area contributed by atoms with Gasteiger partial charge in [-0.05, 0) is 57.2 Å². The molecule has 0 aromatic heterocycles. The maximum absolute atomic E-state index is 10.3. The third-order valence-electron chi connectivity index (χ3n) is 5.04. The van der Waals surface area contributed by atoms with Crippen LogP contribution in [0.2, 0.25) is 0 Å². The van der Waals surface area contributed by atoms with Gasteiger partial charge in [-0.15, -0.1) is 0 Å². The van der Waals surface area contributed by atoms with Crippen LogP contribution in [0.3, 0.4) is 0 Å². The van der Waals surface area contributed by atoms with Crippen molar-refractivity contribution in [1.82, 2.24) is 0 Å². The Hall–Kier alpha value is -1.78. The second-order valence-electron chi connectivity index (χ2n) is 8.57. The molecule has 0 atom stereocenters. The molecule has 2 aromatic carbocycles. The highest BCUT2D eigenvalue weighted by Crippen LogP contribution is 2.30. The number of rotatable bonds is 8. The number of hydrogen-bond donors (Lipinski definition) is 1. The number of para-hydroxylation sites is 1. The molecule has 0 heterocycles. The first kappa shape index (κ1) is 21.5. The van der Waals surface area contributed by atoms with Crippen LogP contribution in [0.1, 0.15) is 47.1 Å². The lowest BCUT2D eigenvalue weighted by Gasteiger charge is -2.37. The molecule has 27 heavy (non-hydrogen) atoms. The first-order chi connectivity index (χ1) is 12.5. The SMILES string of the molecule is COc1ccccc1-c1cc([B]OC(C)(C)C(C)(C)O)cc(CC(C)C)c1. The minimum absolute atomic E-state index is 0.555. The van der Waals surface area contributed by atoms with Crippen molar-refractivity contribution >= 4 is 12.9 Å². The summed E-state index contributed by atoms with van der Waals surface area (Å²) in [6, 6.07) is 14.5. The third kappa shape index (κ3) is 5.60. The Morgan fingerprint density at radius 3 is 2.30 bits per heavy atom. The molecule has 145 valence electrons. The molecule has 3 nitrogen and oxygen atoms in total. The maximum atomic E-state index is 10.3. The number of methoxy groups -OCH3 is 1. The normalized spacial score (nSPS) is 12.3. The summed E-state index contributed by atoms with van der Waals surface area (Å²) in [5, 5.41) is 10.3. The molecule has 0 aliphatic rings. The zero-order valence-corrected chi connectivity index (χ0v) is 17.7. The van der Waals surface area contributed by atoms with Crippen LogP contribution in [0.5, 0.6) is 5.75 Å². The van der Waals surface area contributed by atoms with Gasteiger partial charge in [-0.3, -0.25) is 0 Å². The third-order valence-corrected chi connectivity index (χ3v) is 5.04. The van der Waals surface area contributed by atoms with Crippen molar-refractivity contribution < 1.29 is 14.5 Å². The van der Waals surface area contributed by atoms with Crippen LogP contribution >= 0.6 is 0 Å². The lowest BCUT2D eigenvalue weighted by Crippen LogP contribution is -2.49. The second-order valence-corrected chi connectivity index (χ2v) is 8.57. The Morgan fingerprint density at radius 1 is 1.04 bits per heavy atom. The fourth-order valence-electron chi connectivity index (χ4n) is 2.77. The van der Waals surface area contributed by atoms with Gasteiger partial charge in [0.05, 0.1) is 18.3 Å². The Balaban J connectivity index is 2.40. The maximum Gasteiger partial charge on any atom is 0.330 e. The molecule has 1 radical (unpaired) electrons. The lowest BCUT2D eigenvalue weighted by atomic mass is 9.80. The van der Waals surface area contributed by atoms with Crippen LogP contribution in [0.4, 0.5) is 0 Å². The van der Waals surface area contributed by atoms with Crippen molar-refractivity contribution in [3.05, 3.63) is 48.0 Å². The molecule has 0 aliphatic heterocycles. The predicted octanol–water partition coefficient (Wildman–Crippen LogP) is 4.37. The van der Waals surface area contributed by atoms with E-state index in [2.05, 4.69) is 38.1 Å². The summed E-state index contributed by atoms with van der Waals surface area (Å²) in [6.07, 6.45) is 0.985. The summed E-state index contributed by atoms with van der Waals surface area (Å²) in [6.45, 7) is 11.7. The monoisotopic (exact) mass is 367 g/mol. The van der Waals surface area contributed by atoms with Crippen LogP contribution in [-0.2, 0) is 11.1 Å². The van der Waals surface area contributed by atoms with Crippen molar-refractivity contribution in [3.8, 4) is 16.9 Å². The molecule has 0 amide bonds. The highest BCUT2D eigenvalue weighted by molar-refractivity contribution is 6.47. The highest BCUT2D eigenvalue weighted by atomic mass is 16.5. The van der Waals surface area contributed by atoms with Crippen molar-refractivity contribution in [2.24, 2.45) is 5.92 Å². The average molecular weight is 367 g/mol. The average Bonchev–Trinajstić information content (AvgIpc) is 2.58. The molecule has 1 N–H and O–H groups in total. The molecule has 0 aliphatic carbocycles. The minimum atomic E-state index is -0.954. The molecule has 4 heteroatoms. The van der Waals surface area contributed by atoms with E-state index < -0.39 is 11.2 Å². The molecule has 0 saturated carbocycles. The van der Waals surface area contributed by atoms with Gasteiger partial charge >= 0.3 is 7.48 Å². The lowest BCUT2D eigenvalue weighted by molar-refractivity contribution is -0.0893. The molecule has 0 saturated heterocycles. The van der Waals surface area contributed by atoms with Gasteiger partial charge in [0.15, 0.2) is 0 Å². The van der Waals surface area contributed by atoms with Crippen molar-refractivity contribution in [1.29, 1.82) is 0 Å². The van der Waals surface area contributed by atoms with Gasteiger partial charge in [-0.25, -0.2) is 0 Å². The van der Waals surface area contributed by atoms with Crippen LogP contribution in [0.25, 0.3) is 11.1 Å². The summed E-state index contributed by atoms with van der Waals surface area (Å²) < 4.78 is 11.5. The summed E-state index contributed by atoms with van der Waals surface area (Å²) in [7, 11) is 3.44. The fourth-order valence-corrected chi connectivity index (χ4v) is 2.77. The number of ether oxygens (including phenoxy) is 1. The zero-order valence-electron chi connectivity index (χ0n) is 17.7. The largest absolute Gasteiger partial charge is 0.496 e. The van der Waals surface area contributed by atoms with Gasteiger partial charge in [0, 0.05) is 5.56 Å². The quantitative estimate of drug-likeness (QED) is 0.704. The molecule has 0 fully saturated rings. The van der Waals surface area contributed by atoms with E-state index in [1.807, 2.05) is 32.0 Å². The highest BCUT2D eigenvalue weighted by Gasteiger charge is 2.35. The summed E-state index contributed by atoms with van der Waals surface area (Å²) in [4.78, 5) is 0. The van der Waals surface area contributed by atoms with E-state index in [1.165, 1.54) is 5.56 Å². The smallest absolute Gasteiger partial charge is 0.330 e. The first-order valence-corrected chi connectivity index (χ1v) is 9.54. The Bertz CT molecular complexity index is 760. The van der Waals surface area contributed by atoms with E-state index in [9.17, 15) is 5.11 Å².